The summed E-state index contributed by atoms with van der Waals surface area (Å²) in [5, 5.41) is 13.1. The van der Waals surface area contributed by atoms with Gasteiger partial charge in [0.25, 0.3) is 11.8 Å². The molecule has 1 unspecified atom stereocenters. The Labute approximate surface area is 205 Å². The van der Waals surface area contributed by atoms with Crippen LogP contribution in [-0.2, 0) is 14.8 Å². The molecule has 3 aromatic rings. The summed E-state index contributed by atoms with van der Waals surface area (Å²) in [5.41, 5.74) is 2.79. The molecular weight excluding hydrogens is 496 g/mol. The zero-order chi connectivity index (χ0) is 25.4. The first-order valence-corrected chi connectivity index (χ1v) is 12.5. The molecule has 0 aliphatic rings. The predicted molar refractivity (Wildman–Crippen MR) is 127 cm³/mol. The molecule has 12 nitrogen and oxygen atoms in total. The Morgan fingerprint density at radius 1 is 1.03 bits per heavy atom. The van der Waals surface area contributed by atoms with Crippen LogP contribution in [-0.4, -0.2) is 65.4 Å². The van der Waals surface area contributed by atoms with Gasteiger partial charge in [0, 0.05) is 25.5 Å². The third-order valence-corrected chi connectivity index (χ3v) is 7.08. The number of carbonyl (C=O) groups excluding carboxylic acids is 2. The van der Waals surface area contributed by atoms with Crippen LogP contribution in [0, 0.1) is 0 Å². The molecule has 0 aliphatic carbocycles. The summed E-state index contributed by atoms with van der Waals surface area (Å²) >= 11 is 0.903. The second-order valence-corrected chi connectivity index (χ2v) is 9.73. The average Bonchev–Trinajstić information content (AvgIpc) is 3.36. The number of hydrogen-bond donors (Lipinski definition) is 4. The van der Waals surface area contributed by atoms with Crippen molar-refractivity contribution in [1.29, 1.82) is 0 Å². The van der Waals surface area contributed by atoms with Crippen LogP contribution in [0.15, 0.2) is 65.8 Å². The molecule has 0 saturated carbocycles. The minimum Gasteiger partial charge on any atom is -0.480 e. The lowest BCUT2D eigenvalue weighted by Crippen LogP contribution is -2.48. The van der Waals surface area contributed by atoms with E-state index in [9.17, 15) is 27.9 Å². The number of carboxylic acid groups (broad SMARTS) is 1. The molecule has 14 heteroatoms. The summed E-state index contributed by atoms with van der Waals surface area (Å²) in [6, 6.07) is 10.2. The van der Waals surface area contributed by atoms with Crippen LogP contribution in [0.1, 0.15) is 26.3 Å². The molecule has 1 aromatic carbocycles. The zero-order valence-electron chi connectivity index (χ0n) is 18.4. The fourth-order valence-electron chi connectivity index (χ4n) is 2.78. The summed E-state index contributed by atoms with van der Waals surface area (Å²) in [6.07, 6.45) is 3.04. The van der Waals surface area contributed by atoms with Gasteiger partial charge in [-0.15, -0.1) is 11.3 Å². The molecule has 0 radical (unpaired) electrons. The van der Waals surface area contributed by atoms with Crippen LogP contribution in [0.3, 0.4) is 0 Å². The van der Waals surface area contributed by atoms with Gasteiger partial charge in [-0.2, -0.15) is 4.72 Å². The van der Waals surface area contributed by atoms with E-state index in [1.807, 2.05) is 0 Å². The number of carboxylic acids is 1. The van der Waals surface area contributed by atoms with E-state index in [-0.39, 0.29) is 20.6 Å². The number of nitrogens with one attached hydrogen (secondary N) is 3. The third-order valence-electron chi connectivity index (χ3n) is 4.52. The van der Waals surface area contributed by atoms with E-state index >= 15 is 0 Å². The molecule has 2 heterocycles. The van der Waals surface area contributed by atoms with Crippen LogP contribution in [0.2, 0.25) is 0 Å². The van der Waals surface area contributed by atoms with Crippen LogP contribution in [0.25, 0.3) is 0 Å². The lowest BCUT2D eigenvalue weighted by Gasteiger charge is -2.20. The molecule has 0 bridgehead atoms. The van der Waals surface area contributed by atoms with Crippen molar-refractivity contribution in [3.63, 3.8) is 0 Å². The summed E-state index contributed by atoms with van der Waals surface area (Å²) in [5.74, 6) is -2.29. The molecule has 1 atom stereocenters. The van der Waals surface area contributed by atoms with Crippen molar-refractivity contribution >= 4 is 45.1 Å². The quantitative estimate of drug-likeness (QED) is 0.272. The van der Waals surface area contributed by atoms with Crippen molar-refractivity contribution in [3.8, 4) is 0 Å². The van der Waals surface area contributed by atoms with Gasteiger partial charge in [-0.3, -0.25) is 19.8 Å². The fourth-order valence-corrected chi connectivity index (χ4v) is 4.86. The first kappa shape index (κ1) is 25.7. The summed E-state index contributed by atoms with van der Waals surface area (Å²) < 4.78 is 26.9. The Morgan fingerprint density at radius 3 is 2.31 bits per heavy atom. The second kappa shape index (κ2) is 11.5. The van der Waals surface area contributed by atoms with Gasteiger partial charge >= 0.3 is 5.97 Å². The number of carbonyl (C=O) groups is 3. The smallest absolute Gasteiger partial charge is 0.323 e. The highest BCUT2D eigenvalue weighted by Gasteiger charge is 2.26. The van der Waals surface area contributed by atoms with Crippen molar-refractivity contribution < 1.29 is 27.9 Å². The first-order valence-electron chi connectivity index (χ1n) is 10.2. The van der Waals surface area contributed by atoms with Crippen molar-refractivity contribution in [1.82, 2.24) is 25.0 Å². The molecule has 2 aromatic heterocycles. The van der Waals surface area contributed by atoms with Crippen molar-refractivity contribution in [3.05, 3.63) is 70.7 Å². The van der Waals surface area contributed by atoms with Crippen LogP contribution in [0.4, 0.5) is 5.95 Å². The van der Waals surface area contributed by atoms with Gasteiger partial charge in [-0.05, 0) is 37.3 Å². The average molecular weight is 519 g/mol. The van der Waals surface area contributed by atoms with Crippen LogP contribution >= 0.6 is 11.3 Å². The molecule has 0 spiro atoms. The van der Waals surface area contributed by atoms with E-state index in [0.717, 1.165) is 11.3 Å². The molecular formula is C21H22N6O6S2. The molecule has 4 N–H and O–H groups in total. The van der Waals surface area contributed by atoms with Gasteiger partial charge in [0.05, 0.1) is 14.6 Å². The standard InChI is InChI=1S/C21H22N6O6S2/c1-2-27(25-21-22-11-6-12-23-21)19(29)17-10-9-16(34-17)18(28)24-13-15(20(30)31)26-35(32,33)14-7-4-3-5-8-14/h3-12,15,26H,2,13H2,1H3,(H,24,28)(H,30,31)(H,22,23,25). The number of benzene rings is 1. The molecule has 0 saturated heterocycles. The maximum Gasteiger partial charge on any atom is 0.323 e. The fraction of sp³-hybridized carbons (Fsp3) is 0.190. The topological polar surface area (TPSA) is 171 Å². The highest BCUT2D eigenvalue weighted by atomic mass is 32.2. The zero-order valence-corrected chi connectivity index (χ0v) is 20.0. The maximum absolute atomic E-state index is 12.8. The normalized spacial score (nSPS) is 11.9. The minimum absolute atomic E-state index is 0.103. The maximum atomic E-state index is 12.8. The highest BCUT2D eigenvalue weighted by Crippen LogP contribution is 2.19. The number of hydrazine groups is 1. The van der Waals surface area contributed by atoms with Gasteiger partial charge in [-0.25, -0.2) is 23.4 Å². The van der Waals surface area contributed by atoms with E-state index in [1.165, 1.54) is 53.8 Å². The van der Waals surface area contributed by atoms with Gasteiger partial charge < -0.3 is 10.4 Å². The van der Waals surface area contributed by atoms with Crippen LogP contribution in [0.5, 0.6) is 0 Å². The highest BCUT2D eigenvalue weighted by molar-refractivity contribution is 7.89. The largest absolute Gasteiger partial charge is 0.480 e. The molecule has 0 aliphatic heterocycles. The van der Waals surface area contributed by atoms with Crippen molar-refractivity contribution in [2.24, 2.45) is 0 Å². The number of nitrogens with zero attached hydrogens (tertiary/aromatic N) is 3. The third kappa shape index (κ3) is 6.81. The number of sulfonamides is 1. The number of rotatable bonds is 11. The molecule has 184 valence electrons. The summed E-state index contributed by atoms with van der Waals surface area (Å²) in [7, 11) is -4.11. The number of thiophene rings is 1. The summed E-state index contributed by atoms with van der Waals surface area (Å²) in [6.45, 7) is 1.53. The Hall–Kier alpha value is -3.88. The van der Waals surface area contributed by atoms with E-state index in [2.05, 4.69) is 25.4 Å². The lowest BCUT2D eigenvalue weighted by atomic mass is 10.3. The Balaban J connectivity index is 1.63. The Morgan fingerprint density at radius 2 is 1.69 bits per heavy atom. The van der Waals surface area contributed by atoms with Gasteiger partial charge in [0.1, 0.15) is 6.04 Å². The lowest BCUT2D eigenvalue weighted by molar-refractivity contribution is -0.138. The van der Waals surface area contributed by atoms with Gasteiger partial charge in [0.2, 0.25) is 16.0 Å². The number of amides is 2. The van der Waals surface area contributed by atoms with Gasteiger partial charge in [0.15, 0.2) is 0 Å². The Bertz CT molecular complexity index is 1280. The molecule has 0 fully saturated rings. The molecule has 2 amide bonds. The van der Waals surface area contributed by atoms with E-state index < -0.39 is 40.4 Å². The second-order valence-electron chi connectivity index (χ2n) is 6.93. The van der Waals surface area contributed by atoms with E-state index in [0.29, 0.717) is 6.54 Å². The summed E-state index contributed by atoms with van der Waals surface area (Å²) in [4.78, 5) is 45.2. The number of anilines is 1. The van der Waals surface area contributed by atoms with Gasteiger partial charge in [-0.1, -0.05) is 18.2 Å². The Kier molecular flexibility index (Phi) is 8.46. The van der Waals surface area contributed by atoms with E-state index in [1.54, 1.807) is 19.1 Å². The van der Waals surface area contributed by atoms with E-state index in [4.69, 9.17) is 0 Å². The first-order chi connectivity index (χ1) is 16.7. The monoisotopic (exact) mass is 518 g/mol. The van der Waals surface area contributed by atoms with Crippen LogP contribution < -0.4 is 15.5 Å². The number of aromatic nitrogens is 2. The molecule has 3 rings (SSSR count). The number of aliphatic carboxylic acids is 1. The van der Waals surface area contributed by atoms with Crippen molar-refractivity contribution in [2.45, 2.75) is 17.9 Å². The predicted octanol–water partition coefficient (Wildman–Crippen LogP) is 1.19. The molecule has 35 heavy (non-hydrogen) atoms. The SMILES string of the molecule is CCN(Nc1ncccn1)C(=O)c1ccc(C(=O)NCC(NS(=O)(=O)c2ccccc2)C(=O)O)s1. The van der Waals surface area contributed by atoms with Crippen molar-refractivity contribution in [2.75, 3.05) is 18.5 Å². The minimum atomic E-state index is -4.11. The number of hydrogen-bond acceptors (Lipinski definition) is 9.